The molecule has 23 heavy (non-hydrogen) atoms. The molecule has 0 atom stereocenters. The first-order valence-corrected chi connectivity index (χ1v) is 7.96. The zero-order valence-corrected chi connectivity index (χ0v) is 13.7. The molecule has 1 saturated heterocycles. The van der Waals surface area contributed by atoms with Crippen LogP contribution in [-0.4, -0.2) is 18.2 Å². The van der Waals surface area contributed by atoms with Gasteiger partial charge in [0.2, 0.25) is 0 Å². The maximum Gasteiger partial charge on any atom is 0.264 e. The SMILES string of the molecule is COc1cccc(/C=C2/SC(=Nc3cccc(C)c3)NC2=O)c1. The number of aryl methyl sites for hydroxylation is 1. The van der Waals surface area contributed by atoms with E-state index in [0.717, 1.165) is 22.6 Å². The van der Waals surface area contributed by atoms with E-state index in [2.05, 4.69) is 10.3 Å². The van der Waals surface area contributed by atoms with E-state index >= 15 is 0 Å². The number of carbonyl (C=O) groups is 1. The third-order valence-electron chi connectivity index (χ3n) is 3.27. The number of thioether (sulfide) groups is 1. The van der Waals surface area contributed by atoms with E-state index < -0.39 is 0 Å². The van der Waals surface area contributed by atoms with Gasteiger partial charge < -0.3 is 10.1 Å². The van der Waals surface area contributed by atoms with Crippen LogP contribution in [0.4, 0.5) is 5.69 Å². The van der Waals surface area contributed by atoms with Crippen LogP contribution < -0.4 is 10.1 Å². The zero-order chi connectivity index (χ0) is 16.2. The lowest BCUT2D eigenvalue weighted by Crippen LogP contribution is -2.19. The Labute approximate surface area is 139 Å². The molecule has 2 aromatic carbocycles. The molecular formula is C18H16N2O2S. The summed E-state index contributed by atoms with van der Waals surface area (Å²) in [7, 11) is 1.62. The highest BCUT2D eigenvalue weighted by Gasteiger charge is 2.23. The summed E-state index contributed by atoms with van der Waals surface area (Å²) in [5.41, 5.74) is 2.88. The average Bonchev–Trinajstić information content (AvgIpc) is 2.87. The zero-order valence-electron chi connectivity index (χ0n) is 12.9. The van der Waals surface area contributed by atoms with Gasteiger partial charge in [-0.3, -0.25) is 4.79 Å². The number of ether oxygens (including phenoxy) is 1. The van der Waals surface area contributed by atoms with Gasteiger partial charge in [0.05, 0.1) is 17.7 Å². The van der Waals surface area contributed by atoms with Crippen molar-refractivity contribution in [2.24, 2.45) is 4.99 Å². The number of hydrogen-bond acceptors (Lipinski definition) is 4. The van der Waals surface area contributed by atoms with Crippen LogP contribution in [0.1, 0.15) is 11.1 Å². The van der Waals surface area contributed by atoms with Crippen molar-refractivity contribution in [3.63, 3.8) is 0 Å². The minimum absolute atomic E-state index is 0.135. The fraction of sp³-hybridized carbons (Fsp3) is 0.111. The second-order valence-electron chi connectivity index (χ2n) is 5.10. The predicted molar refractivity (Wildman–Crippen MR) is 95.0 cm³/mol. The summed E-state index contributed by atoms with van der Waals surface area (Å²) in [6.07, 6.45) is 1.83. The molecule has 0 bridgehead atoms. The van der Waals surface area contributed by atoms with Crippen LogP contribution in [0, 0.1) is 6.92 Å². The van der Waals surface area contributed by atoms with Gasteiger partial charge in [-0.1, -0.05) is 24.3 Å². The molecule has 1 aliphatic rings. The first-order chi connectivity index (χ1) is 11.1. The van der Waals surface area contributed by atoms with Crippen LogP contribution in [0.2, 0.25) is 0 Å². The van der Waals surface area contributed by atoms with Gasteiger partial charge in [-0.15, -0.1) is 0 Å². The van der Waals surface area contributed by atoms with Crippen LogP contribution in [0.3, 0.4) is 0 Å². The number of carbonyl (C=O) groups excluding carboxylic acids is 1. The molecule has 0 radical (unpaired) electrons. The van der Waals surface area contributed by atoms with Crippen LogP contribution in [0.5, 0.6) is 5.75 Å². The van der Waals surface area contributed by atoms with Gasteiger partial charge in [-0.05, 0) is 60.2 Å². The number of nitrogens with one attached hydrogen (secondary N) is 1. The summed E-state index contributed by atoms with van der Waals surface area (Å²) in [5.74, 6) is 0.626. The minimum atomic E-state index is -0.135. The number of amides is 1. The Balaban J connectivity index is 1.83. The summed E-state index contributed by atoms with van der Waals surface area (Å²) in [6.45, 7) is 2.01. The standard InChI is InChI=1S/C18H16N2O2S/c1-12-5-3-7-14(9-12)19-18-20-17(21)16(23-18)11-13-6-4-8-15(10-13)22-2/h3-11H,1-2H3,(H,19,20,21)/b16-11+. The lowest BCUT2D eigenvalue weighted by molar-refractivity contribution is -0.115. The van der Waals surface area contributed by atoms with Gasteiger partial charge in [0.25, 0.3) is 5.91 Å². The Bertz CT molecular complexity index is 812. The maximum absolute atomic E-state index is 12.1. The predicted octanol–water partition coefficient (Wildman–Crippen LogP) is 3.90. The van der Waals surface area contributed by atoms with Crippen LogP contribution in [0.15, 0.2) is 58.4 Å². The number of rotatable bonds is 3. The topological polar surface area (TPSA) is 50.7 Å². The molecule has 0 saturated carbocycles. The molecule has 3 rings (SSSR count). The third kappa shape index (κ3) is 3.81. The number of aliphatic imine (C=N–C) groups is 1. The first-order valence-electron chi connectivity index (χ1n) is 7.14. The van der Waals surface area contributed by atoms with Gasteiger partial charge in [-0.2, -0.15) is 0 Å². The van der Waals surface area contributed by atoms with Gasteiger partial charge in [0.15, 0.2) is 5.17 Å². The molecule has 1 fully saturated rings. The highest BCUT2D eigenvalue weighted by Crippen LogP contribution is 2.28. The van der Waals surface area contributed by atoms with E-state index in [1.165, 1.54) is 11.8 Å². The quantitative estimate of drug-likeness (QED) is 0.871. The Hall–Kier alpha value is -2.53. The second-order valence-corrected chi connectivity index (χ2v) is 6.13. The van der Waals surface area contributed by atoms with E-state index in [4.69, 9.17) is 4.74 Å². The lowest BCUT2D eigenvalue weighted by Gasteiger charge is -2.00. The van der Waals surface area contributed by atoms with Gasteiger partial charge >= 0.3 is 0 Å². The lowest BCUT2D eigenvalue weighted by atomic mass is 10.2. The van der Waals surface area contributed by atoms with Crippen molar-refractivity contribution in [3.8, 4) is 5.75 Å². The summed E-state index contributed by atoms with van der Waals surface area (Å²) >= 11 is 1.34. The number of hydrogen-bond donors (Lipinski definition) is 1. The summed E-state index contributed by atoms with van der Waals surface area (Å²) in [6, 6.07) is 15.4. The molecule has 0 aromatic heterocycles. The molecular weight excluding hydrogens is 308 g/mol. The van der Waals surface area contributed by atoms with E-state index in [1.807, 2.05) is 61.5 Å². The van der Waals surface area contributed by atoms with Gasteiger partial charge in [-0.25, -0.2) is 4.99 Å². The Morgan fingerprint density at radius 2 is 2.00 bits per heavy atom. The Morgan fingerprint density at radius 1 is 1.17 bits per heavy atom. The molecule has 0 aliphatic carbocycles. The van der Waals surface area contributed by atoms with Crippen LogP contribution >= 0.6 is 11.8 Å². The number of benzene rings is 2. The van der Waals surface area contributed by atoms with Crippen LogP contribution in [-0.2, 0) is 4.79 Å². The van der Waals surface area contributed by atoms with E-state index in [1.54, 1.807) is 7.11 Å². The van der Waals surface area contributed by atoms with Crippen molar-refractivity contribution in [1.29, 1.82) is 0 Å². The van der Waals surface area contributed by atoms with Crippen molar-refractivity contribution in [1.82, 2.24) is 5.32 Å². The summed E-state index contributed by atoms with van der Waals surface area (Å²) in [5, 5.41) is 3.39. The molecule has 0 spiro atoms. The van der Waals surface area contributed by atoms with Crippen molar-refractivity contribution >= 4 is 34.6 Å². The van der Waals surface area contributed by atoms with Gasteiger partial charge in [0, 0.05) is 0 Å². The van der Waals surface area contributed by atoms with E-state index in [9.17, 15) is 4.79 Å². The maximum atomic E-state index is 12.1. The largest absolute Gasteiger partial charge is 0.497 e. The minimum Gasteiger partial charge on any atom is -0.497 e. The summed E-state index contributed by atoms with van der Waals surface area (Å²) < 4.78 is 5.20. The Kier molecular flexibility index (Phi) is 4.48. The molecule has 2 aromatic rings. The molecule has 5 heteroatoms. The second kappa shape index (κ2) is 6.71. The summed E-state index contributed by atoms with van der Waals surface area (Å²) in [4.78, 5) is 17.2. The average molecular weight is 324 g/mol. The molecule has 1 aliphatic heterocycles. The first kappa shape index (κ1) is 15.4. The smallest absolute Gasteiger partial charge is 0.264 e. The molecule has 0 unspecified atom stereocenters. The molecule has 1 amide bonds. The van der Waals surface area contributed by atoms with Gasteiger partial charge in [0.1, 0.15) is 5.75 Å². The Morgan fingerprint density at radius 3 is 2.78 bits per heavy atom. The monoisotopic (exact) mass is 324 g/mol. The van der Waals surface area contributed by atoms with E-state index in [-0.39, 0.29) is 5.91 Å². The number of amidine groups is 1. The van der Waals surface area contributed by atoms with Crippen molar-refractivity contribution in [2.75, 3.05) is 7.11 Å². The molecule has 116 valence electrons. The van der Waals surface area contributed by atoms with Crippen molar-refractivity contribution < 1.29 is 9.53 Å². The number of methoxy groups -OCH3 is 1. The van der Waals surface area contributed by atoms with Crippen LogP contribution in [0.25, 0.3) is 6.08 Å². The highest BCUT2D eigenvalue weighted by molar-refractivity contribution is 8.18. The molecule has 1 heterocycles. The fourth-order valence-corrected chi connectivity index (χ4v) is 3.02. The normalized spacial score (nSPS) is 17.6. The van der Waals surface area contributed by atoms with Crippen molar-refractivity contribution in [3.05, 3.63) is 64.6 Å². The molecule has 1 N–H and O–H groups in total. The third-order valence-corrected chi connectivity index (χ3v) is 4.18. The van der Waals surface area contributed by atoms with Crippen molar-refractivity contribution in [2.45, 2.75) is 6.92 Å². The highest BCUT2D eigenvalue weighted by atomic mass is 32.2. The number of nitrogens with zero attached hydrogens (tertiary/aromatic N) is 1. The van der Waals surface area contributed by atoms with E-state index in [0.29, 0.717) is 10.1 Å². The fourth-order valence-electron chi connectivity index (χ4n) is 2.18. The molecule has 4 nitrogen and oxygen atoms in total.